The molecular formula is C16H24O. The average Bonchev–Trinajstić information content (AvgIpc) is 2.29. The van der Waals surface area contributed by atoms with Gasteiger partial charge in [0.25, 0.3) is 0 Å². The van der Waals surface area contributed by atoms with Gasteiger partial charge < -0.3 is 5.11 Å². The van der Waals surface area contributed by atoms with Crippen LogP contribution in [0.25, 0.3) is 0 Å². The minimum absolute atomic E-state index is 0.223. The lowest BCUT2D eigenvalue weighted by Crippen LogP contribution is -2.38. The van der Waals surface area contributed by atoms with E-state index in [-0.39, 0.29) is 5.41 Å². The van der Waals surface area contributed by atoms with Gasteiger partial charge in [0.05, 0.1) is 0 Å². The molecule has 1 aromatic rings. The Labute approximate surface area is 105 Å². The first kappa shape index (κ1) is 12.5. The summed E-state index contributed by atoms with van der Waals surface area (Å²) in [5.74, 6) is 1.85. The highest BCUT2D eigenvalue weighted by Crippen LogP contribution is 2.47. The van der Waals surface area contributed by atoms with Crippen LogP contribution in [-0.2, 0) is 5.41 Å². The number of phenols is 1. The Morgan fingerprint density at radius 3 is 2.71 bits per heavy atom. The molecule has 0 bridgehead atoms. The molecule has 94 valence electrons. The molecule has 1 aliphatic rings. The third-order valence-corrected chi connectivity index (χ3v) is 5.05. The zero-order valence-corrected chi connectivity index (χ0v) is 11.5. The van der Waals surface area contributed by atoms with Gasteiger partial charge in [-0.1, -0.05) is 39.7 Å². The molecule has 0 radical (unpaired) electrons. The first-order valence-corrected chi connectivity index (χ1v) is 6.75. The maximum Gasteiger partial charge on any atom is 0.115 e. The molecular weight excluding hydrogens is 208 g/mol. The summed E-state index contributed by atoms with van der Waals surface area (Å²) in [5.41, 5.74) is 2.88. The summed E-state index contributed by atoms with van der Waals surface area (Å²) in [5, 5.41) is 9.73. The van der Waals surface area contributed by atoms with Gasteiger partial charge in [0.15, 0.2) is 0 Å². The Hall–Kier alpha value is -0.980. The van der Waals surface area contributed by atoms with Crippen molar-refractivity contribution in [2.24, 2.45) is 11.8 Å². The molecule has 1 aromatic carbocycles. The summed E-state index contributed by atoms with van der Waals surface area (Å²) in [6.45, 7) is 9.26. The van der Waals surface area contributed by atoms with Crippen LogP contribution >= 0.6 is 0 Å². The van der Waals surface area contributed by atoms with E-state index >= 15 is 0 Å². The highest BCUT2D eigenvalue weighted by atomic mass is 16.3. The molecule has 1 heteroatoms. The van der Waals surface area contributed by atoms with Gasteiger partial charge in [-0.15, -0.1) is 0 Å². The van der Waals surface area contributed by atoms with Crippen LogP contribution in [0.1, 0.15) is 51.2 Å². The smallest absolute Gasteiger partial charge is 0.115 e. The normalized spacial score (nSPS) is 33.6. The molecule has 1 aliphatic carbocycles. The van der Waals surface area contributed by atoms with Gasteiger partial charge in [0.1, 0.15) is 5.75 Å². The molecule has 0 amide bonds. The number of hydrogen-bond donors (Lipinski definition) is 1. The van der Waals surface area contributed by atoms with E-state index in [1.54, 1.807) is 6.07 Å². The summed E-state index contributed by atoms with van der Waals surface area (Å²) in [6.07, 6.45) is 3.88. The summed E-state index contributed by atoms with van der Waals surface area (Å²) < 4.78 is 0. The van der Waals surface area contributed by atoms with Crippen LogP contribution in [0, 0.1) is 18.8 Å². The van der Waals surface area contributed by atoms with Crippen molar-refractivity contribution >= 4 is 0 Å². The van der Waals surface area contributed by atoms with Crippen molar-refractivity contribution in [1.29, 1.82) is 0 Å². The summed E-state index contributed by atoms with van der Waals surface area (Å²) >= 11 is 0. The van der Waals surface area contributed by atoms with Crippen molar-refractivity contribution in [3.05, 3.63) is 29.3 Å². The highest BCUT2D eigenvalue weighted by Gasteiger charge is 2.39. The van der Waals surface area contributed by atoms with Crippen molar-refractivity contribution in [3.8, 4) is 5.75 Å². The van der Waals surface area contributed by atoms with Gasteiger partial charge in [-0.2, -0.15) is 0 Å². The van der Waals surface area contributed by atoms with Gasteiger partial charge in [-0.3, -0.25) is 0 Å². The molecule has 0 heterocycles. The van der Waals surface area contributed by atoms with Crippen LogP contribution in [0.15, 0.2) is 18.2 Å². The number of aryl methyl sites for hydroxylation is 1. The van der Waals surface area contributed by atoms with Gasteiger partial charge >= 0.3 is 0 Å². The molecule has 0 aromatic heterocycles. The van der Waals surface area contributed by atoms with E-state index < -0.39 is 0 Å². The third-order valence-electron chi connectivity index (χ3n) is 5.05. The Balaban J connectivity index is 2.46. The van der Waals surface area contributed by atoms with Crippen LogP contribution in [0.3, 0.4) is 0 Å². The van der Waals surface area contributed by atoms with Gasteiger partial charge in [0.2, 0.25) is 0 Å². The third kappa shape index (κ3) is 2.08. The van der Waals surface area contributed by atoms with Crippen LogP contribution < -0.4 is 0 Å². The molecule has 3 atom stereocenters. The fraction of sp³-hybridized carbons (Fsp3) is 0.625. The number of aromatic hydroxyl groups is 1. The number of rotatable bonds is 1. The van der Waals surface area contributed by atoms with Gasteiger partial charge in [-0.05, 0) is 53.9 Å². The van der Waals surface area contributed by atoms with Crippen LogP contribution in [0.5, 0.6) is 5.75 Å². The van der Waals surface area contributed by atoms with Gasteiger partial charge in [-0.25, -0.2) is 0 Å². The maximum atomic E-state index is 9.73. The molecule has 0 saturated heterocycles. The van der Waals surface area contributed by atoms with E-state index in [2.05, 4.69) is 27.7 Å². The largest absolute Gasteiger partial charge is 0.508 e. The molecule has 2 rings (SSSR count). The SMILES string of the molecule is Cc1ccc(O)cc1C1(C)CCC[C@H](C)[C@@H]1C. The topological polar surface area (TPSA) is 20.2 Å². The fourth-order valence-corrected chi connectivity index (χ4v) is 3.50. The predicted molar refractivity (Wildman–Crippen MR) is 72.4 cm³/mol. The van der Waals surface area contributed by atoms with Crippen molar-refractivity contribution in [3.63, 3.8) is 0 Å². The summed E-state index contributed by atoms with van der Waals surface area (Å²) in [4.78, 5) is 0. The lowest BCUT2D eigenvalue weighted by molar-refractivity contribution is 0.154. The Morgan fingerprint density at radius 2 is 2.00 bits per heavy atom. The van der Waals surface area contributed by atoms with Crippen LogP contribution in [-0.4, -0.2) is 5.11 Å². The zero-order chi connectivity index (χ0) is 12.6. The second-order valence-electron chi connectivity index (χ2n) is 6.07. The van der Waals surface area contributed by atoms with E-state index in [4.69, 9.17) is 0 Å². The molecule has 0 aliphatic heterocycles. The molecule has 1 unspecified atom stereocenters. The molecule has 1 saturated carbocycles. The molecule has 17 heavy (non-hydrogen) atoms. The number of phenolic OH excluding ortho intramolecular Hbond substituents is 1. The van der Waals surface area contributed by atoms with Crippen molar-refractivity contribution < 1.29 is 5.11 Å². The molecule has 0 spiro atoms. The van der Waals surface area contributed by atoms with E-state index in [0.717, 1.165) is 5.92 Å². The Morgan fingerprint density at radius 1 is 1.29 bits per heavy atom. The van der Waals surface area contributed by atoms with Crippen molar-refractivity contribution in [2.75, 3.05) is 0 Å². The molecule has 1 N–H and O–H groups in total. The average molecular weight is 232 g/mol. The van der Waals surface area contributed by atoms with E-state index in [9.17, 15) is 5.11 Å². The van der Waals surface area contributed by atoms with Crippen LogP contribution in [0.4, 0.5) is 0 Å². The predicted octanol–water partition coefficient (Wildman–Crippen LogP) is 4.41. The van der Waals surface area contributed by atoms with E-state index in [1.807, 2.05) is 12.1 Å². The minimum atomic E-state index is 0.223. The van der Waals surface area contributed by atoms with E-state index in [1.165, 1.54) is 30.4 Å². The molecule has 1 fully saturated rings. The monoisotopic (exact) mass is 232 g/mol. The maximum absolute atomic E-state index is 9.73. The highest BCUT2D eigenvalue weighted by molar-refractivity contribution is 5.39. The quantitative estimate of drug-likeness (QED) is 0.760. The zero-order valence-electron chi connectivity index (χ0n) is 11.5. The van der Waals surface area contributed by atoms with Crippen molar-refractivity contribution in [1.82, 2.24) is 0 Å². The van der Waals surface area contributed by atoms with Crippen LogP contribution in [0.2, 0.25) is 0 Å². The second kappa shape index (κ2) is 4.36. The lowest BCUT2D eigenvalue weighted by atomic mass is 9.60. The van der Waals surface area contributed by atoms with Crippen molar-refractivity contribution in [2.45, 2.75) is 52.4 Å². The molecule has 1 nitrogen and oxygen atoms in total. The first-order chi connectivity index (χ1) is 7.95. The summed E-state index contributed by atoms with van der Waals surface area (Å²) in [6, 6.07) is 5.81. The lowest BCUT2D eigenvalue weighted by Gasteiger charge is -2.44. The number of hydrogen-bond acceptors (Lipinski definition) is 1. The standard InChI is InChI=1S/C16H24O/c1-11-6-5-9-16(4,13(11)3)15-10-14(17)8-7-12(15)2/h7-8,10-11,13,17H,5-6,9H2,1-4H3/t11-,13-,16?/m0/s1. The first-order valence-electron chi connectivity index (χ1n) is 6.75. The summed E-state index contributed by atoms with van der Waals surface area (Å²) in [7, 11) is 0. The Bertz CT molecular complexity index is 410. The fourth-order valence-electron chi connectivity index (χ4n) is 3.50. The van der Waals surface area contributed by atoms with Gasteiger partial charge in [0, 0.05) is 0 Å². The second-order valence-corrected chi connectivity index (χ2v) is 6.07. The van der Waals surface area contributed by atoms with E-state index in [0.29, 0.717) is 11.7 Å². The Kier molecular flexibility index (Phi) is 3.20. The number of benzene rings is 1. The minimum Gasteiger partial charge on any atom is -0.508 e.